The molecule has 0 fully saturated rings. The Morgan fingerprint density at radius 3 is 1.16 bits per heavy atom. The van der Waals surface area contributed by atoms with Crippen LogP contribution in [0.1, 0.15) is 49.9 Å². The van der Waals surface area contributed by atoms with Gasteiger partial charge in [0.1, 0.15) is 11.2 Å². The van der Waals surface area contributed by atoms with Gasteiger partial charge in [0, 0.05) is 38.7 Å². The summed E-state index contributed by atoms with van der Waals surface area (Å²) >= 11 is 0. The highest BCUT2D eigenvalue weighted by molar-refractivity contribution is 6.06. The van der Waals surface area contributed by atoms with Gasteiger partial charge in [-0.15, -0.1) is 0 Å². The number of para-hydroxylation sites is 1. The van der Waals surface area contributed by atoms with E-state index in [0.29, 0.717) is 0 Å². The van der Waals surface area contributed by atoms with Gasteiger partial charge in [0.15, 0.2) is 0 Å². The number of anilines is 3. The molecule has 0 amide bonds. The van der Waals surface area contributed by atoms with Crippen LogP contribution in [0.2, 0.25) is 0 Å². The molecule has 0 unspecified atom stereocenters. The van der Waals surface area contributed by atoms with Crippen LogP contribution >= 0.6 is 0 Å². The Hall–Kier alpha value is -9.24. The third-order valence-corrected chi connectivity index (χ3v) is 17.1. The minimum Gasteiger partial charge on any atom is -0.456 e. The maximum absolute atomic E-state index is 6.25. The maximum atomic E-state index is 6.25. The molecule has 15 rings (SSSR count). The van der Waals surface area contributed by atoms with Gasteiger partial charge in [-0.2, -0.15) is 0 Å². The normalized spacial score (nSPS) is 13.7. The zero-order chi connectivity index (χ0) is 50.9. The molecule has 12 aromatic carbocycles. The molecule has 2 aliphatic rings. The summed E-state index contributed by atoms with van der Waals surface area (Å²) in [4.78, 5) is 2.47. The van der Waals surface area contributed by atoms with E-state index < -0.39 is 0 Å². The summed E-state index contributed by atoms with van der Waals surface area (Å²) in [6.45, 7) is 9.59. The quantitative estimate of drug-likeness (QED) is 0.158. The fraction of sp³-hybridized carbons (Fsp3) is 0.0811. The third kappa shape index (κ3) is 6.94. The van der Waals surface area contributed by atoms with Gasteiger partial charge in [0.25, 0.3) is 0 Å². The zero-order valence-electron chi connectivity index (χ0n) is 43.0. The average molecular weight is 972 g/mol. The molecule has 1 heterocycles. The summed E-state index contributed by atoms with van der Waals surface area (Å²) in [5, 5.41) is 7.34. The molecule has 2 nitrogen and oxygen atoms in total. The molecule has 0 saturated carbocycles. The SMILES string of the molecule is CC1(C)c2cc(-c3ccc4ccccc4c3)ccc2-c2ccc(N(c3ccc(-c4ccc(-c5ccc6c(c5)oc5ccccc56)cc4)cc3)c3ccc4c(c3)C(C)(C)c3cc(-c5ccc6ccccc6c5)ccc3-4)cc21. The lowest BCUT2D eigenvalue weighted by molar-refractivity contribution is 0.660. The standard InChI is InChI=1S/C74H53NO/c1-73(2)67-41-55(53-23-21-46-11-5-7-13-51(46)39-53)27-34-61(67)63-37-32-59(44-69(63)73)75(58-30-25-49(26-31-58)48-17-19-50(20-18-48)57-29-36-66-65-15-9-10-16-71(65)76-72(66)43-57)60-33-38-64-62-35-28-56(42-68(62)74(3,4)70(64)45-60)54-24-22-47-12-6-8-14-52(47)40-54/h5-45H,1-4H3. The van der Waals surface area contributed by atoms with Crippen LogP contribution in [0.15, 0.2) is 253 Å². The van der Waals surface area contributed by atoms with Gasteiger partial charge >= 0.3 is 0 Å². The van der Waals surface area contributed by atoms with E-state index in [9.17, 15) is 0 Å². The van der Waals surface area contributed by atoms with E-state index in [4.69, 9.17) is 4.42 Å². The number of rotatable bonds is 7. The van der Waals surface area contributed by atoms with Crippen molar-refractivity contribution in [2.45, 2.75) is 38.5 Å². The maximum Gasteiger partial charge on any atom is 0.136 e. The molecule has 13 aromatic rings. The highest BCUT2D eigenvalue weighted by Crippen LogP contribution is 2.54. The number of benzene rings is 12. The lowest BCUT2D eigenvalue weighted by atomic mass is 9.81. The smallest absolute Gasteiger partial charge is 0.136 e. The van der Waals surface area contributed by atoms with Crippen molar-refractivity contribution in [1.82, 2.24) is 0 Å². The number of furan rings is 1. The average Bonchev–Trinajstić information content (AvgIpc) is 4.15. The number of hydrogen-bond donors (Lipinski definition) is 0. The molecule has 0 bridgehead atoms. The summed E-state index contributed by atoms with van der Waals surface area (Å²) < 4.78 is 6.25. The number of hydrogen-bond acceptors (Lipinski definition) is 2. The Kier molecular flexibility index (Phi) is 9.69. The molecule has 0 aliphatic heterocycles. The molecular formula is C74H53NO. The fourth-order valence-electron chi connectivity index (χ4n) is 12.8. The summed E-state index contributed by atoms with van der Waals surface area (Å²) in [7, 11) is 0. The van der Waals surface area contributed by atoms with E-state index in [1.807, 2.05) is 12.1 Å². The minimum atomic E-state index is -0.225. The van der Waals surface area contributed by atoms with Crippen molar-refractivity contribution in [2.24, 2.45) is 0 Å². The number of nitrogens with zero attached hydrogens (tertiary/aromatic N) is 1. The third-order valence-electron chi connectivity index (χ3n) is 17.1. The van der Waals surface area contributed by atoms with E-state index in [0.717, 1.165) is 50.1 Å². The Morgan fingerprint density at radius 2 is 0.618 bits per heavy atom. The second-order valence-corrected chi connectivity index (χ2v) is 22.1. The van der Waals surface area contributed by atoms with E-state index in [2.05, 4.69) is 269 Å². The van der Waals surface area contributed by atoms with Crippen LogP contribution in [-0.2, 0) is 10.8 Å². The summed E-state index contributed by atoms with van der Waals surface area (Å²) in [6, 6.07) is 92.3. The predicted octanol–water partition coefficient (Wildman–Crippen LogP) is 20.6. The summed E-state index contributed by atoms with van der Waals surface area (Å²) in [6.07, 6.45) is 0. The van der Waals surface area contributed by atoms with Crippen LogP contribution in [0.4, 0.5) is 17.1 Å². The lowest BCUT2D eigenvalue weighted by Crippen LogP contribution is -2.18. The highest BCUT2D eigenvalue weighted by Gasteiger charge is 2.38. The van der Waals surface area contributed by atoms with E-state index in [1.54, 1.807) is 0 Å². The van der Waals surface area contributed by atoms with Crippen LogP contribution < -0.4 is 4.90 Å². The Balaban J connectivity index is 0.801. The van der Waals surface area contributed by atoms with E-state index in [-0.39, 0.29) is 10.8 Å². The fourth-order valence-corrected chi connectivity index (χ4v) is 12.8. The van der Waals surface area contributed by atoms with Crippen LogP contribution in [0.25, 0.3) is 110 Å². The molecule has 0 radical (unpaired) electrons. The van der Waals surface area contributed by atoms with Gasteiger partial charge in [-0.1, -0.05) is 198 Å². The summed E-state index contributed by atoms with van der Waals surface area (Å²) in [5.74, 6) is 0. The highest BCUT2D eigenvalue weighted by atomic mass is 16.3. The Morgan fingerprint density at radius 1 is 0.263 bits per heavy atom. The second-order valence-electron chi connectivity index (χ2n) is 22.1. The van der Waals surface area contributed by atoms with Crippen LogP contribution in [0.5, 0.6) is 0 Å². The van der Waals surface area contributed by atoms with Gasteiger partial charge < -0.3 is 9.32 Å². The van der Waals surface area contributed by atoms with E-state index >= 15 is 0 Å². The van der Waals surface area contributed by atoms with Crippen molar-refractivity contribution < 1.29 is 4.42 Å². The molecule has 76 heavy (non-hydrogen) atoms. The van der Waals surface area contributed by atoms with Crippen molar-refractivity contribution in [3.05, 3.63) is 271 Å². The summed E-state index contributed by atoms with van der Waals surface area (Å²) in [5.41, 5.74) is 25.0. The molecular weight excluding hydrogens is 919 g/mol. The Bertz CT molecular complexity index is 4320. The zero-order valence-corrected chi connectivity index (χ0v) is 43.0. The molecule has 0 atom stereocenters. The molecule has 360 valence electrons. The first kappa shape index (κ1) is 44.3. The van der Waals surface area contributed by atoms with Gasteiger partial charge in [-0.3, -0.25) is 0 Å². The topological polar surface area (TPSA) is 16.4 Å². The lowest BCUT2D eigenvalue weighted by Gasteiger charge is -2.30. The predicted molar refractivity (Wildman–Crippen MR) is 320 cm³/mol. The van der Waals surface area contributed by atoms with Crippen molar-refractivity contribution >= 4 is 60.5 Å². The molecule has 0 spiro atoms. The monoisotopic (exact) mass is 971 g/mol. The first-order valence-corrected chi connectivity index (χ1v) is 26.6. The van der Waals surface area contributed by atoms with Crippen molar-refractivity contribution in [3.8, 4) is 66.8 Å². The van der Waals surface area contributed by atoms with Gasteiger partial charge in [0.2, 0.25) is 0 Å². The van der Waals surface area contributed by atoms with Crippen LogP contribution in [0.3, 0.4) is 0 Å². The van der Waals surface area contributed by atoms with Crippen LogP contribution in [-0.4, -0.2) is 0 Å². The largest absolute Gasteiger partial charge is 0.456 e. The van der Waals surface area contributed by atoms with Gasteiger partial charge in [0.05, 0.1) is 0 Å². The molecule has 2 heteroatoms. The first-order chi connectivity index (χ1) is 37.1. The number of fused-ring (bicyclic) bond motifs is 11. The first-order valence-electron chi connectivity index (χ1n) is 26.6. The van der Waals surface area contributed by atoms with Crippen LogP contribution in [0, 0.1) is 0 Å². The molecule has 0 saturated heterocycles. The van der Waals surface area contributed by atoms with Gasteiger partial charge in [-0.25, -0.2) is 0 Å². The minimum absolute atomic E-state index is 0.225. The van der Waals surface area contributed by atoms with Gasteiger partial charge in [-0.05, 0) is 189 Å². The van der Waals surface area contributed by atoms with Crippen molar-refractivity contribution in [3.63, 3.8) is 0 Å². The molecule has 0 N–H and O–H groups in total. The van der Waals surface area contributed by atoms with E-state index in [1.165, 1.54) is 99.4 Å². The van der Waals surface area contributed by atoms with Crippen molar-refractivity contribution in [1.29, 1.82) is 0 Å². The Labute approximate surface area is 443 Å². The molecule has 1 aromatic heterocycles. The molecule has 2 aliphatic carbocycles. The van der Waals surface area contributed by atoms with Crippen molar-refractivity contribution in [2.75, 3.05) is 4.90 Å². The second kappa shape index (κ2) is 16.6.